The molecule has 1 atom stereocenters. The highest BCUT2D eigenvalue weighted by Crippen LogP contribution is 2.43. The Balaban J connectivity index is 3.50. The molecular formula is C13H25N3O2. The molecule has 1 aromatic heterocycles. The van der Waals surface area contributed by atoms with E-state index in [9.17, 15) is 5.11 Å². The van der Waals surface area contributed by atoms with Crippen LogP contribution < -0.4 is 10.5 Å². The van der Waals surface area contributed by atoms with E-state index in [1.54, 1.807) is 18.0 Å². The fourth-order valence-corrected chi connectivity index (χ4v) is 2.04. The van der Waals surface area contributed by atoms with Crippen LogP contribution in [0.15, 0.2) is 6.20 Å². The van der Waals surface area contributed by atoms with Gasteiger partial charge in [-0.2, -0.15) is 5.10 Å². The van der Waals surface area contributed by atoms with Crippen molar-refractivity contribution in [3.63, 3.8) is 0 Å². The van der Waals surface area contributed by atoms with Crippen LogP contribution >= 0.6 is 0 Å². The van der Waals surface area contributed by atoms with Crippen molar-refractivity contribution in [2.45, 2.75) is 46.3 Å². The molecule has 0 fully saturated rings. The highest BCUT2D eigenvalue weighted by Gasteiger charge is 2.45. The van der Waals surface area contributed by atoms with Crippen molar-refractivity contribution < 1.29 is 9.84 Å². The van der Waals surface area contributed by atoms with E-state index in [0.29, 0.717) is 11.4 Å². The third kappa shape index (κ3) is 2.24. The van der Waals surface area contributed by atoms with Gasteiger partial charge in [-0.1, -0.05) is 20.8 Å². The molecule has 0 amide bonds. The largest absolute Gasteiger partial charge is 0.493 e. The maximum atomic E-state index is 11.0. The van der Waals surface area contributed by atoms with Gasteiger partial charge in [0.15, 0.2) is 5.75 Å². The van der Waals surface area contributed by atoms with E-state index in [4.69, 9.17) is 10.5 Å². The smallest absolute Gasteiger partial charge is 0.163 e. The molecule has 1 unspecified atom stereocenters. The van der Waals surface area contributed by atoms with Gasteiger partial charge in [-0.3, -0.25) is 4.68 Å². The van der Waals surface area contributed by atoms with E-state index in [2.05, 4.69) is 5.10 Å². The predicted octanol–water partition coefficient (Wildman–Crippen LogP) is 1.66. The molecule has 0 aliphatic heterocycles. The summed E-state index contributed by atoms with van der Waals surface area (Å²) in [5, 5.41) is 15.3. The van der Waals surface area contributed by atoms with Gasteiger partial charge in [0, 0.05) is 12.6 Å². The van der Waals surface area contributed by atoms with Crippen LogP contribution in [0.3, 0.4) is 0 Å². The Kier molecular flexibility index (Phi) is 4.08. The van der Waals surface area contributed by atoms with Crippen molar-refractivity contribution in [1.82, 2.24) is 9.78 Å². The zero-order valence-corrected chi connectivity index (χ0v) is 12.2. The molecular weight excluding hydrogens is 230 g/mol. The Labute approximate surface area is 109 Å². The minimum atomic E-state index is -1.18. The number of nitrogens with zero attached hydrogens (tertiary/aromatic N) is 2. The van der Waals surface area contributed by atoms with Crippen LogP contribution in [0.25, 0.3) is 0 Å². The number of hydrogen-bond acceptors (Lipinski definition) is 4. The molecule has 0 bridgehead atoms. The summed E-state index contributed by atoms with van der Waals surface area (Å²) in [5.41, 5.74) is 4.88. The first-order valence-electron chi connectivity index (χ1n) is 6.23. The van der Waals surface area contributed by atoms with Gasteiger partial charge in [-0.05, 0) is 19.3 Å². The lowest BCUT2D eigenvalue weighted by molar-refractivity contribution is -0.0648. The van der Waals surface area contributed by atoms with E-state index in [-0.39, 0.29) is 12.6 Å². The van der Waals surface area contributed by atoms with Crippen LogP contribution in [0.1, 0.15) is 46.4 Å². The Morgan fingerprint density at radius 3 is 2.33 bits per heavy atom. The van der Waals surface area contributed by atoms with E-state index < -0.39 is 11.0 Å². The lowest BCUT2D eigenvalue weighted by Gasteiger charge is -2.40. The second-order valence-corrected chi connectivity index (χ2v) is 5.91. The molecule has 5 heteroatoms. The van der Waals surface area contributed by atoms with Crippen LogP contribution in [0.2, 0.25) is 0 Å². The van der Waals surface area contributed by atoms with Crippen molar-refractivity contribution in [2.24, 2.45) is 11.1 Å². The van der Waals surface area contributed by atoms with Gasteiger partial charge in [0.1, 0.15) is 11.3 Å². The van der Waals surface area contributed by atoms with Gasteiger partial charge in [-0.15, -0.1) is 0 Å². The van der Waals surface area contributed by atoms with Crippen LogP contribution in [0, 0.1) is 5.41 Å². The Bertz CT molecular complexity index is 407. The van der Waals surface area contributed by atoms with Crippen molar-refractivity contribution in [3.05, 3.63) is 11.9 Å². The zero-order chi connectivity index (χ0) is 14.1. The quantitative estimate of drug-likeness (QED) is 0.858. The number of aromatic nitrogens is 2. The number of aliphatic hydroxyl groups is 1. The SMILES string of the molecule is COc1cnn(C(C)C)c1C(O)(CN)C(C)(C)C. The molecule has 1 rings (SSSR count). The third-order valence-corrected chi connectivity index (χ3v) is 3.40. The summed E-state index contributed by atoms with van der Waals surface area (Å²) >= 11 is 0. The summed E-state index contributed by atoms with van der Waals surface area (Å²) in [7, 11) is 1.57. The molecule has 5 nitrogen and oxygen atoms in total. The van der Waals surface area contributed by atoms with E-state index in [0.717, 1.165) is 0 Å². The normalized spacial score (nSPS) is 15.8. The molecule has 0 aliphatic rings. The Morgan fingerprint density at radius 1 is 1.44 bits per heavy atom. The number of hydrogen-bond donors (Lipinski definition) is 2. The standard InChI is InChI=1S/C13H25N3O2/c1-9(2)16-11(10(18-6)7-15-16)13(17,8-14)12(3,4)5/h7,9,17H,8,14H2,1-6H3. The maximum absolute atomic E-state index is 11.0. The van der Waals surface area contributed by atoms with Crippen LogP contribution in [-0.4, -0.2) is 28.5 Å². The summed E-state index contributed by atoms with van der Waals surface area (Å²) in [4.78, 5) is 0. The van der Waals surface area contributed by atoms with Crippen LogP contribution in [-0.2, 0) is 5.60 Å². The molecule has 1 aromatic rings. The van der Waals surface area contributed by atoms with Crippen molar-refractivity contribution in [2.75, 3.05) is 13.7 Å². The van der Waals surface area contributed by atoms with Gasteiger partial charge >= 0.3 is 0 Å². The Hall–Kier alpha value is -1.07. The predicted molar refractivity (Wildman–Crippen MR) is 71.6 cm³/mol. The van der Waals surface area contributed by atoms with Crippen molar-refractivity contribution >= 4 is 0 Å². The molecule has 1 heterocycles. The molecule has 3 N–H and O–H groups in total. The lowest BCUT2D eigenvalue weighted by atomic mass is 9.74. The van der Waals surface area contributed by atoms with Crippen LogP contribution in [0.5, 0.6) is 5.75 Å². The molecule has 0 saturated heterocycles. The van der Waals surface area contributed by atoms with Crippen LogP contribution in [0.4, 0.5) is 0 Å². The van der Waals surface area contributed by atoms with Gasteiger partial charge in [0.2, 0.25) is 0 Å². The topological polar surface area (TPSA) is 73.3 Å². The highest BCUT2D eigenvalue weighted by molar-refractivity contribution is 5.33. The second kappa shape index (κ2) is 4.90. The van der Waals surface area contributed by atoms with E-state index >= 15 is 0 Å². The fraction of sp³-hybridized carbons (Fsp3) is 0.769. The zero-order valence-electron chi connectivity index (χ0n) is 12.2. The first-order chi connectivity index (χ1) is 8.19. The third-order valence-electron chi connectivity index (χ3n) is 3.40. The molecule has 0 saturated carbocycles. The first-order valence-corrected chi connectivity index (χ1v) is 6.23. The van der Waals surface area contributed by atoms with Crippen molar-refractivity contribution in [1.29, 1.82) is 0 Å². The first kappa shape index (κ1) is 15.0. The maximum Gasteiger partial charge on any atom is 0.163 e. The molecule has 0 spiro atoms. The number of ether oxygens (including phenoxy) is 1. The average molecular weight is 255 g/mol. The summed E-state index contributed by atoms with van der Waals surface area (Å²) < 4.78 is 7.10. The van der Waals surface area contributed by atoms with Gasteiger partial charge in [0.25, 0.3) is 0 Å². The molecule has 18 heavy (non-hydrogen) atoms. The minimum absolute atomic E-state index is 0.116. The summed E-state index contributed by atoms with van der Waals surface area (Å²) in [6.07, 6.45) is 1.63. The molecule has 0 aromatic carbocycles. The summed E-state index contributed by atoms with van der Waals surface area (Å²) in [6.45, 7) is 10.0. The van der Waals surface area contributed by atoms with Gasteiger partial charge in [-0.25, -0.2) is 0 Å². The number of methoxy groups -OCH3 is 1. The Morgan fingerprint density at radius 2 is 2.00 bits per heavy atom. The average Bonchev–Trinajstić information content (AvgIpc) is 2.70. The number of nitrogens with two attached hydrogens (primary N) is 1. The van der Waals surface area contributed by atoms with Gasteiger partial charge < -0.3 is 15.6 Å². The fourth-order valence-electron chi connectivity index (χ4n) is 2.04. The minimum Gasteiger partial charge on any atom is -0.493 e. The molecule has 0 radical (unpaired) electrons. The monoisotopic (exact) mass is 255 g/mol. The lowest BCUT2D eigenvalue weighted by Crippen LogP contribution is -2.48. The van der Waals surface area contributed by atoms with E-state index in [1.165, 1.54) is 0 Å². The summed E-state index contributed by atoms with van der Waals surface area (Å²) in [6, 6.07) is 0.129. The van der Waals surface area contributed by atoms with E-state index in [1.807, 2.05) is 34.6 Å². The second-order valence-electron chi connectivity index (χ2n) is 5.91. The van der Waals surface area contributed by atoms with Gasteiger partial charge in [0.05, 0.1) is 13.3 Å². The number of rotatable bonds is 4. The molecule has 104 valence electrons. The summed E-state index contributed by atoms with van der Waals surface area (Å²) in [5.74, 6) is 0.576. The van der Waals surface area contributed by atoms with Crippen molar-refractivity contribution in [3.8, 4) is 5.75 Å². The molecule has 0 aliphatic carbocycles. The highest BCUT2D eigenvalue weighted by atomic mass is 16.5.